The van der Waals surface area contributed by atoms with Crippen molar-refractivity contribution in [1.82, 2.24) is 20.2 Å². The third-order valence-electron chi connectivity index (χ3n) is 7.54. The van der Waals surface area contributed by atoms with Gasteiger partial charge in [0.2, 0.25) is 11.9 Å². The fourth-order valence-electron chi connectivity index (χ4n) is 5.29. The number of hydrogen-bond acceptors (Lipinski definition) is 8. The highest BCUT2D eigenvalue weighted by Crippen LogP contribution is 2.33. The van der Waals surface area contributed by atoms with E-state index in [0.717, 1.165) is 30.4 Å². The van der Waals surface area contributed by atoms with Gasteiger partial charge in [-0.2, -0.15) is 0 Å². The number of nitrogens with zero attached hydrogens (tertiary/aromatic N) is 3. The minimum absolute atomic E-state index is 0.0504. The average molecular weight is 578 g/mol. The van der Waals surface area contributed by atoms with Crippen molar-refractivity contribution >= 4 is 29.4 Å². The van der Waals surface area contributed by atoms with Gasteiger partial charge in [-0.1, -0.05) is 29.8 Å². The Morgan fingerprint density at radius 1 is 1.10 bits per heavy atom. The van der Waals surface area contributed by atoms with Gasteiger partial charge in [-0.05, 0) is 49.1 Å². The normalized spacial score (nSPS) is 17.5. The highest BCUT2D eigenvalue weighted by atomic mass is 35.5. The van der Waals surface area contributed by atoms with Gasteiger partial charge in [0.25, 0.3) is 5.91 Å². The zero-order valence-corrected chi connectivity index (χ0v) is 23.6. The first-order chi connectivity index (χ1) is 19.9. The van der Waals surface area contributed by atoms with Crippen molar-refractivity contribution in [3.05, 3.63) is 64.3 Å². The molecule has 2 aromatic carbocycles. The molecule has 214 valence electrons. The number of fused-ring (bicyclic) bond motifs is 2. The number of amides is 2. The number of anilines is 1. The molecular weight excluding hydrogens is 546 g/mol. The second-order valence-corrected chi connectivity index (χ2v) is 10.9. The quantitative estimate of drug-likeness (QED) is 0.425. The maximum absolute atomic E-state index is 13.3. The third-order valence-corrected chi connectivity index (χ3v) is 7.82. The molecule has 4 heterocycles. The molecule has 0 spiro atoms. The van der Waals surface area contributed by atoms with E-state index in [2.05, 4.69) is 20.6 Å². The predicted molar refractivity (Wildman–Crippen MR) is 153 cm³/mol. The van der Waals surface area contributed by atoms with E-state index in [-0.39, 0.29) is 30.4 Å². The zero-order valence-electron chi connectivity index (χ0n) is 22.8. The first-order valence-corrected chi connectivity index (χ1v) is 14.3. The fourth-order valence-corrected chi connectivity index (χ4v) is 5.49. The van der Waals surface area contributed by atoms with Gasteiger partial charge in [0.1, 0.15) is 6.54 Å². The summed E-state index contributed by atoms with van der Waals surface area (Å²) in [6, 6.07) is 11.2. The lowest BCUT2D eigenvalue weighted by Gasteiger charge is -2.23. The Labute approximate surface area is 243 Å². The van der Waals surface area contributed by atoms with E-state index in [1.54, 1.807) is 17.2 Å². The van der Waals surface area contributed by atoms with Crippen LogP contribution in [0.3, 0.4) is 0 Å². The van der Waals surface area contributed by atoms with Gasteiger partial charge >= 0.3 is 0 Å². The molecule has 2 N–H and O–H groups in total. The smallest absolute Gasteiger partial charge is 0.254 e. The minimum atomic E-state index is -0.268. The van der Waals surface area contributed by atoms with Crippen LogP contribution < -0.4 is 20.1 Å². The van der Waals surface area contributed by atoms with Gasteiger partial charge < -0.3 is 29.7 Å². The van der Waals surface area contributed by atoms with E-state index >= 15 is 0 Å². The van der Waals surface area contributed by atoms with Crippen LogP contribution in [-0.2, 0) is 16.1 Å². The van der Waals surface area contributed by atoms with Gasteiger partial charge in [-0.3, -0.25) is 9.59 Å². The molecule has 10 nitrogen and oxygen atoms in total. The number of rotatable bonds is 7. The van der Waals surface area contributed by atoms with E-state index in [1.807, 2.05) is 37.3 Å². The summed E-state index contributed by atoms with van der Waals surface area (Å²) in [5.41, 5.74) is 3.56. The first-order valence-electron chi connectivity index (χ1n) is 13.9. The Kier molecular flexibility index (Phi) is 7.93. The van der Waals surface area contributed by atoms with Crippen LogP contribution in [-0.4, -0.2) is 65.7 Å². The molecule has 1 aromatic heterocycles. The number of nitrogens with one attached hydrogen (secondary N) is 2. The van der Waals surface area contributed by atoms with Gasteiger partial charge in [0, 0.05) is 43.3 Å². The van der Waals surface area contributed by atoms with E-state index in [4.69, 9.17) is 25.8 Å². The fraction of sp³-hybridized carbons (Fsp3) is 0.400. The summed E-state index contributed by atoms with van der Waals surface area (Å²) in [6.07, 6.45) is 4.16. The maximum Gasteiger partial charge on any atom is 0.254 e. The van der Waals surface area contributed by atoms with Crippen LogP contribution in [0.5, 0.6) is 11.5 Å². The SMILES string of the molecule is CC(NC(=O)CN1Cc2ccc(-c3nc(NC4CCOCC4)ncc3Cl)cc2C1=O)c1ccc2c(c1)OCCCO2. The summed E-state index contributed by atoms with van der Waals surface area (Å²) in [5, 5.41) is 6.75. The number of carbonyl (C=O) groups excluding carboxylic acids is 2. The molecule has 41 heavy (non-hydrogen) atoms. The van der Waals surface area contributed by atoms with Crippen LogP contribution in [0.15, 0.2) is 42.6 Å². The summed E-state index contributed by atoms with van der Waals surface area (Å²) in [7, 11) is 0. The van der Waals surface area contributed by atoms with Crippen LogP contribution in [0.25, 0.3) is 11.3 Å². The lowest BCUT2D eigenvalue weighted by Crippen LogP contribution is -2.38. The van der Waals surface area contributed by atoms with E-state index in [9.17, 15) is 9.59 Å². The number of carbonyl (C=O) groups is 2. The van der Waals surface area contributed by atoms with Crippen molar-refractivity contribution in [3.63, 3.8) is 0 Å². The summed E-state index contributed by atoms with van der Waals surface area (Å²) in [5.74, 6) is 1.43. The number of hydrogen-bond donors (Lipinski definition) is 2. The highest BCUT2D eigenvalue weighted by Gasteiger charge is 2.30. The predicted octanol–water partition coefficient (Wildman–Crippen LogP) is 4.38. The lowest BCUT2D eigenvalue weighted by molar-refractivity contribution is -0.122. The number of aromatic nitrogens is 2. The molecule has 1 atom stereocenters. The van der Waals surface area contributed by atoms with E-state index < -0.39 is 0 Å². The molecule has 0 bridgehead atoms. The van der Waals surface area contributed by atoms with Crippen LogP contribution in [0, 0.1) is 0 Å². The van der Waals surface area contributed by atoms with Crippen LogP contribution >= 0.6 is 11.6 Å². The maximum atomic E-state index is 13.3. The lowest BCUT2D eigenvalue weighted by atomic mass is 10.0. The molecule has 1 fully saturated rings. The van der Waals surface area contributed by atoms with Gasteiger partial charge in [0.05, 0.1) is 36.2 Å². The topological polar surface area (TPSA) is 115 Å². The second kappa shape index (κ2) is 11.9. The molecule has 3 aromatic rings. The van der Waals surface area contributed by atoms with Crippen molar-refractivity contribution < 1.29 is 23.8 Å². The molecular formula is C30H32ClN5O5. The third kappa shape index (κ3) is 6.08. The Hall–Kier alpha value is -3.89. The summed E-state index contributed by atoms with van der Waals surface area (Å²) in [6.45, 7) is 4.83. The largest absolute Gasteiger partial charge is 0.490 e. The number of ether oxygens (including phenoxy) is 3. The Morgan fingerprint density at radius 2 is 1.90 bits per heavy atom. The minimum Gasteiger partial charge on any atom is -0.490 e. The van der Waals surface area contributed by atoms with Crippen LogP contribution in [0.2, 0.25) is 5.02 Å². The molecule has 6 rings (SSSR count). The number of halogens is 1. The molecule has 1 saturated heterocycles. The Balaban J connectivity index is 1.11. The Morgan fingerprint density at radius 3 is 2.73 bits per heavy atom. The van der Waals surface area contributed by atoms with Crippen molar-refractivity contribution in [1.29, 1.82) is 0 Å². The van der Waals surface area contributed by atoms with Crippen molar-refractivity contribution in [2.24, 2.45) is 0 Å². The zero-order chi connectivity index (χ0) is 28.3. The van der Waals surface area contributed by atoms with Crippen LogP contribution in [0.4, 0.5) is 5.95 Å². The highest BCUT2D eigenvalue weighted by molar-refractivity contribution is 6.33. The summed E-state index contributed by atoms with van der Waals surface area (Å²) < 4.78 is 16.9. The van der Waals surface area contributed by atoms with E-state index in [1.165, 1.54) is 0 Å². The molecule has 3 aliphatic rings. The molecule has 11 heteroatoms. The molecule has 0 radical (unpaired) electrons. The summed E-state index contributed by atoms with van der Waals surface area (Å²) >= 11 is 6.47. The molecule has 3 aliphatic heterocycles. The van der Waals surface area contributed by atoms with Crippen molar-refractivity contribution in [3.8, 4) is 22.8 Å². The molecule has 1 unspecified atom stereocenters. The van der Waals surface area contributed by atoms with Gasteiger partial charge in [0.15, 0.2) is 11.5 Å². The first kappa shape index (κ1) is 27.3. The Bertz CT molecular complexity index is 1460. The average Bonchev–Trinajstić information content (AvgIpc) is 3.12. The van der Waals surface area contributed by atoms with Crippen LogP contribution in [0.1, 0.15) is 53.7 Å². The van der Waals surface area contributed by atoms with Gasteiger partial charge in [-0.25, -0.2) is 9.97 Å². The van der Waals surface area contributed by atoms with Gasteiger partial charge in [-0.15, -0.1) is 0 Å². The molecule has 2 amide bonds. The second-order valence-electron chi connectivity index (χ2n) is 10.5. The number of benzene rings is 2. The van der Waals surface area contributed by atoms with Crippen molar-refractivity contribution in [2.75, 3.05) is 38.3 Å². The molecule has 0 aliphatic carbocycles. The molecule has 0 saturated carbocycles. The summed E-state index contributed by atoms with van der Waals surface area (Å²) in [4.78, 5) is 36.8. The van der Waals surface area contributed by atoms with E-state index in [0.29, 0.717) is 72.3 Å². The van der Waals surface area contributed by atoms with Crippen molar-refractivity contribution in [2.45, 2.75) is 44.8 Å². The standard InChI is InChI=1S/C30H32ClN5O5/c1-18(19-5-6-25-26(14-19)41-10-2-9-40-25)33-27(37)17-36-16-21-4-3-20(13-23(21)29(36)38)28-24(31)15-32-30(35-28)34-22-7-11-39-12-8-22/h3-6,13-15,18,22H,2,7-12,16-17H2,1H3,(H,33,37)(H,32,34,35). The monoisotopic (exact) mass is 577 g/mol.